The van der Waals surface area contributed by atoms with Gasteiger partial charge < -0.3 is 10.6 Å². The number of hydrogen-bond donors (Lipinski definition) is 2. The number of nitrogens with zero attached hydrogens (tertiary/aromatic N) is 1. The van der Waals surface area contributed by atoms with Gasteiger partial charge in [-0.2, -0.15) is 0 Å². The summed E-state index contributed by atoms with van der Waals surface area (Å²) in [4.78, 5) is 14.8. The molecule has 0 saturated carbocycles. The molecule has 2 N–H and O–H groups in total. The van der Waals surface area contributed by atoms with Crippen molar-refractivity contribution >= 4 is 30.7 Å². The summed E-state index contributed by atoms with van der Waals surface area (Å²) in [6.07, 6.45) is 8.41. The van der Waals surface area contributed by atoms with Crippen molar-refractivity contribution in [1.82, 2.24) is 15.5 Å². The summed E-state index contributed by atoms with van der Waals surface area (Å²) in [6, 6.07) is 1.84. The highest BCUT2D eigenvalue weighted by Crippen LogP contribution is 2.32. The fourth-order valence-electron chi connectivity index (χ4n) is 4.69. The molecule has 0 aromatic heterocycles. The molecular formula is C18H35Cl2N3O. The van der Waals surface area contributed by atoms with Gasteiger partial charge in [0.05, 0.1) is 0 Å². The average Bonchev–Trinajstić information content (AvgIpc) is 2.83. The summed E-state index contributed by atoms with van der Waals surface area (Å²) in [5, 5.41) is 6.84. The minimum Gasteiger partial charge on any atom is -0.355 e. The van der Waals surface area contributed by atoms with Crippen molar-refractivity contribution in [3.63, 3.8) is 0 Å². The van der Waals surface area contributed by atoms with Crippen molar-refractivity contribution in [2.75, 3.05) is 19.6 Å². The van der Waals surface area contributed by atoms with E-state index in [1.807, 2.05) is 0 Å². The number of piperidine rings is 2. The second kappa shape index (κ2) is 10.2. The molecule has 3 aliphatic rings. The van der Waals surface area contributed by atoms with Crippen LogP contribution in [0.15, 0.2) is 0 Å². The van der Waals surface area contributed by atoms with Gasteiger partial charge in [0.2, 0.25) is 5.91 Å². The summed E-state index contributed by atoms with van der Waals surface area (Å²) < 4.78 is 0. The predicted molar refractivity (Wildman–Crippen MR) is 104 cm³/mol. The molecule has 0 aromatic carbocycles. The molecule has 3 heterocycles. The second-order valence-electron chi connectivity index (χ2n) is 8.07. The number of amides is 1. The molecule has 6 heteroatoms. The minimum atomic E-state index is 0. The van der Waals surface area contributed by atoms with Crippen LogP contribution in [0.5, 0.6) is 0 Å². The van der Waals surface area contributed by atoms with Crippen molar-refractivity contribution in [1.29, 1.82) is 0 Å². The van der Waals surface area contributed by atoms with Gasteiger partial charge in [0.1, 0.15) is 0 Å². The van der Waals surface area contributed by atoms with E-state index in [0.717, 1.165) is 18.9 Å². The predicted octanol–water partition coefficient (Wildman–Crippen LogP) is 2.99. The Morgan fingerprint density at radius 1 is 1.21 bits per heavy atom. The maximum Gasteiger partial charge on any atom is 0.220 e. The standard InChI is InChI=1S/C18H33N3O.2ClH/c1-13-4-3-7-21(12-13)14(2)11-19-18(22)10-15-8-16-5-6-17(9-15)20-16;;/h13-17,20H,3-12H2,1-2H3,(H,19,22);2*1H. The van der Waals surface area contributed by atoms with Crippen LogP contribution in [0, 0.1) is 11.8 Å². The van der Waals surface area contributed by atoms with Crippen LogP contribution in [0.3, 0.4) is 0 Å². The first kappa shape index (κ1) is 22.0. The molecule has 0 aliphatic carbocycles. The van der Waals surface area contributed by atoms with Crippen molar-refractivity contribution in [3.8, 4) is 0 Å². The van der Waals surface area contributed by atoms with Gasteiger partial charge in [0, 0.05) is 37.6 Å². The van der Waals surface area contributed by atoms with E-state index in [-0.39, 0.29) is 30.7 Å². The van der Waals surface area contributed by atoms with E-state index >= 15 is 0 Å². The molecule has 4 nitrogen and oxygen atoms in total. The number of rotatable bonds is 5. The number of fused-ring (bicyclic) bond motifs is 2. The number of nitrogens with one attached hydrogen (secondary N) is 2. The van der Waals surface area contributed by atoms with Crippen molar-refractivity contribution in [2.45, 2.75) is 76.9 Å². The van der Waals surface area contributed by atoms with Gasteiger partial charge in [-0.15, -0.1) is 24.8 Å². The molecule has 0 spiro atoms. The third kappa shape index (κ3) is 6.05. The zero-order valence-corrected chi connectivity index (χ0v) is 16.8. The summed E-state index contributed by atoms with van der Waals surface area (Å²) >= 11 is 0. The molecule has 24 heavy (non-hydrogen) atoms. The summed E-state index contributed by atoms with van der Waals surface area (Å²) in [5.74, 6) is 1.67. The fourth-order valence-corrected chi connectivity index (χ4v) is 4.69. The monoisotopic (exact) mass is 379 g/mol. The van der Waals surface area contributed by atoms with Crippen molar-refractivity contribution < 1.29 is 4.79 Å². The zero-order valence-electron chi connectivity index (χ0n) is 15.1. The largest absolute Gasteiger partial charge is 0.355 e. The Morgan fingerprint density at radius 3 is 2.50 bits per heavy atom. The van der Waals surface area contributed by atoms with E-state index in [0.29, 0.717) is 24.0 Å². The van der Waals surface area contributed by atoms with Gasteiger partial charge in [-0.25, -0.2) is 0 Å². The van der Waals surface area contributed by atoms with E-state index in [9.17, 15) is 4.79 Å². The molecule has 3 rings (SSSR count). The lowest BCUT2D eigenvalue weighted by atomic mass is 9.89. The van der Waals surface area contributed by atoms with Gasteiger partial charge in [-0.05, 0) is 63.8 Å². The van der Waals surface area contributed by atoms with Crippen LogP contribution in [0.2, 0.25) is 0 Å². The Morgan fingerprint density at radius 2 is 1.88 bits per heavy atom. The third-order valence-corrected chi connectivity index (χ3v) is 5.95. The quantitative estimate of drug-likeness (QED) is 0.771. The van der Waals surface area contributed by atoms with E-state index in [2.05, 4.69) is 29.4 Å². The molecule has 4 atom stereocenters. The fraction of sp³-hybridized carbons (Fsp3) is 0.944. The maximum atomic E-state index is 12.2. The first-order valence-electron chi connectivity index (χ1n) is 9.37. The summed E-state index contributed by atoms with van der Waals surface area (Å²) in [7, 11) is 0. The first-order chi connectivity index (χ1) is 10.6. The molecule has 3 aliphatic heterocycles. The van der Waals surface area contributed by atoms with E-state index in [1.165, 1.54) is 51.6 Å². The minimum absolute atomic E-state index is 0. The number of hydrogen-bond acceptors (Lipinski definition) is 3. The van der Waals surface area contributed by atoms with Crippen molar-refractivity contribution in [2.24, 2.45) is 11.8 Å². The highest BCUT2D eigenvalue weighted by Gasteiger charge is 2.34. The molecule has 0 aromatic rings. The van der Waals surface area contributed by atoms with Gasteiger partial charge in [0.15, 0.2) is 0 Å². The molecule has 2 bridgehead atoms. The number of carbonyl (C=O) groups is 1. The van der Waals surface area contributed by atoms with Crippen LogP contribution in [0.4, 0.5) is 0 Å². The van der Waals surface area contributed by atoms with Crippen molar-refractivity contribution in [3.05, 3.63) is 0 Å². The Kier molecular flexibility index (Phi) is 9.35. The second-order valence-corrected chi connectivity index (χ2v) is 8.07. The lowest BCUT2D eigenvalue weighted by Gasteiger charge is -2.35. The summed E-state index contributed by atoms with van der Waals surface area (Å²) in [6.45, 7) is 7.78. The molecular weight excluding hydrogens is 345 g/mol. The number of carbonyl (C=O) groups excluding carboxylic acids is 1. The lowest BCUT2D eigenvalue weighted by Crippen LogP contribution is -2.46. The van der Waals surface area contributed by atoms with Gasteiger partial charge in [-0.3, -0.25) is 9.69 Å². The van der Waals surface area contributed by atoms with E-state index in [1.54, 1.807) is 0 Å². The Balaban J connectivity index is 0.00000144. The molecule has 3 saturated heterocycles. The van der Waals surface area contributed by atoms with Gasteiger partial charge >= 0.3 is 0 Å². The molecule has 4 unspecified atom stereocenters. The SMILES string of the molecule is CC1CCCN(C(C)CNC(=O)CC2CC3CCC(C2)N3)C1.Cl.Cl. The molecule has 3 fully saturated rings. The zero-order chi connectivity index (χ0) is 15.5. The van der Waals surface area contributed by atoms with Crippen LogP contribution < -0.4 is 10.6 Å². The topological polar surface area (TPSA) is 44.4 Å². The van der Waals surface area contributed by atoms with Crippen LogP contribution >= 0.6 is 24.8 Å². The lowest BCUT2D eigenvalue weighted by molar-refractivity contribution is -0.122. The van der Waals surface area contributed by atoms with Crippen LogP contribution in [0.25, 0.3) is 0 Å². The molecule has 1 amide bonds. The molecule has 142 valence electrons. The van der Waals surface area contributed by atoms with Gasteiger partial charge in [0.25, 0.3) is 0 Å². The smallest absolute Gasteiger partial charge is 0.220 e. The van der Waals surface area contributed by atoms with Crippen LogP contribution in [-0.2, 0) is 4.79 Å². The normalized spacial score (nSPS) is 33.9. The number of likely N-dealkylation sites (tertiary alicyclic amines) is 1. The number of halogens is 2. The highest BCUT2D eigenvalue weighted by atomic mass is 35.5. The third-order valence-electron chi connectivity index (χ3n) is 5.95. The van der Waals surface area contributed by atoms with E-state index < -0.39 is 0 Å². The van der Waals surface area contributed by atoms with Crippen LogP contribution in [0.1, 0.15) is 58.8 Å². The Bertz CT molecular complexity index is 384. The Labute approximate surface area is 159 Å². The first-order valence-corrected chi connectivity index (χ1v) is 9.37. The van der Waals surface area contributed by atoms with E-state index in [4.69, 9.17) is 0 Å². The maximum absolute atomic E-state index is 12.2. The summed E-state index contributed by atoms with van der Waals surface area (Å²) in [5.41, 5.74) is 0. The highest BCUT2D eigenvalue weighted by molar-refractivity contribution is 5.85. The molecule has 0 radical (unpaired) electrons. The van der Waals surface area contributed by atoms with Gasteiger partial charge in [-0.1, -0.05) is 6.92 Å². The van der Waals surface area contributed by atoms with Crippen LogP contribution in [-0.4, -0.2) is 48.6 Å². The Hall–Kier alpha value is -0.0300. The average molecular weight is 380 g/mol.